The van der Waals surface area contributed by atoms with Crippen LogP contribution in [0.1, 0.15) is 43.0 Å². The first kappa shape index (κ1) is 16.1. The van der Waals surface area contributed by atoms with Crippen LogP contribution in [0.4, 0.5) is 0 Å². The third kappa shape index (κ3) is 2.67. The highest BCUT2D eigenvalue weighted by molar-refractivity contribution is 5.91. The Kier molecular flexibility index (Phi) is 3.89. The van der Waals surface area contributed by atoms with Crippen LogP contribution < -0.4 is 0 Å². The van der Waals surface area contributed by atoms with Gasteiger partial charge in [-0.1, -0.05) is 30.3 Å². The van der Waals surface area contributed by atoms with Gasteiger partial charge in [-0.05, 0) is 62.4 Å². The maximum Gasteiger partial charge on any atom is 0.231 e. The molecular formula is C22H26N2O2. The van der Waals surface area contributed by atoms with Crippen molar-refractivity contribution in [1.29, 1.82) is 0 Å². The summed E-state index contributed by atoms with van der Waals surface area (Å²) in [4.78, 5) is 17.8. The molecule has 1 unspecified atom stereocenters. The number of piperidine rings is 1. The Bertz CT molecular complexity index is 759. The average molecular weight is 350 g/mol. The number of furan rings is 1. The molecule has 5 rings (SSSR count). The molecule has 1 saturated carbocycles. The zero-order valence-electron chi connectivity index (χ0n) is 15.1. The number of amides is 1. The number of nitrogens with zero attached hydrogens (tertiary/aromatic N) is 2. The van der Waals surface area contributed by atoms with Gasteiger partial charge in [0.25, 0.3) is 0 Å². The summed E-state index contributed by atoms with van der Waals surface area (Å²) in [7, 11) is 0. The summed E-state index contributed by atoms with van der Waals surface area (Å²) in [6.45, 7) is 3.73. The van der Waals surface area contributed by atoms with E-state index in [4.69, 9.17) is 4.42 Å². The number of β-lactam (4-membered cyclic amide) rings is 1. The van der Waals surface area contributed by atoms with Gasteiger partial charge in [0.2, 0.25) is 5.91 Å². The van der Waals surface area contributed by atoms with Gasteiger partial charge in [-0.25, -0.2) is 0 Å². The van der Waals surface area contributed by atoms with Crippen LogP contribution in [0.5, 0.6) is 0 Å². The van der Waals surface area contributed by atoms with Crippen LogP contribution in [-0.2, 0) is 11.3 Å². The molecule has 136 valence electrons. The lowest BCUT2D eigenvalue weighted by atomic mass is 9.62. The zero-order valence-corrected chi connectivity index (χ0v) is 15.1. The predicted molar refractivity (Wildman–Crippen MR) is 99.3 cm³/mol. The molecule has 4 nitrogen and oxygen atoms in total. The fourth-order valence-electron chi connectivity index (χ4n) is 4.87. The number of benzene rings is 1. The van der Waals surface area contributed by atoms with E-state index in [0.29, 0.717) is 5.91 Å². The van der Waals surface area contributed by atoms with E-state index in [0.717, 1.165) is 50.7 Å². The van der Waals surface area contributed by atoms with Crippen LogP contribution in [-0.4, -0.2) is 35.3 Å². The molecule has 26 heavy (non-hydrogen) atoms. The van der Waals surface area contributed by atoms with E-state index < -0.39 is 0 Å². The molecule has 0 bridgehead atoms. The van der Waals surface area contributed by atoms with Crippen LogP contribution in [0.2, 0.25) is 0 Å². The maximum atomic E-state index is 13.2. The molecule has 3 aliphatic rings. The molecular weight excluding hydrogens is 324 g/mol. The molecule has 1 spiro atoms. The quantitative estimate of drug-likeness (QED) is 0.769. The summed E-state index contributed by atoms with van der Waals surface area (Å²) in [5.41, 5.74) is 1.13. The molecule has 0 N–H and O–H groups in total. The molecule has 3 fully saturated rings. The smallest absolute Gasteiger partial charge is 0.231 e. The van der Waals surface area contributed by atoms with Crippen LogP contribution in [0.25, 0.3) is 0 Å². The second-order valence-corrected chi connectivity index (χ2v) is 8.23. The highest BCUT2D eigenvalue weighted by Gasteiger charge is 2.61. The molecule has 2 aromatic rings. The molecule has 1 aliphatic carbocycles. The van der Waals surface area contributed by atoms with E-state index >= 15 is 0 Å². The first-order valence-corrected chi connectivity index (χ1v) is 9.87. The van der Waals surface area contributed by atoms with Gasteiger partial charge >= 0.3 is 0 Å². The second-order valence-electron chi connectivity index (χ2n) is 8.23. The minimum Gasteiger partial charge on any atom is -0.468 e. The van der Waals surface area contributed by atoms with Crippen molar-refractivity contribution in [2.45, 2.75) is 38.3 Å². The minimum atomic E-state index is -0.185. The molecule has 2 aliphatic heterocycles. The number of hydrogen-bond donors (Lipinski definition) is 0. The first-order chi connectivity index (χ1) is 12.8. The Labute approximate surface area is 154 Å². The highest BCUT2D eigenvalue weighted by atomic mass is 16.3. The van der Waals surface area contributed by atoms with E-state index in [2.05, 4.69) is 40.1 Å². The van der Waals surface area contributed by atoms with Crippen molar-refractivity contribution in [2.24, 2.45) is 11.3 Å². The minimum absolute atomic E-state index is 0.185. The molecule has 2 saturated heterocycles. The van der Waals surface area contributed by atoms with E-state index in [1.165, 1.54) is 18.4 Å². The van der Waals surface area contributed by atoms with Gasteiger partial charge in [-0.2, -0.15) is 0 Å². The normalized spacial score (nSPS) is 25.5. The van der Waals surface area contributed by atoms with Gasteiger partial charge in [0.1, 0.15) is 5.76 Å². The Balaban J connectivity index is 1.34. The highest BCUT2D eigenvalue weighted by Crippen LogP contribution is 2.57. The monoisotopic (exact) mass is 350 g/mol. The van der Waals surface area contributed by atoms with Crippen molar-refractivity contribution < 1.29 is 9.21 Å². The SMILES string of the molecule is O=C1N(CC2CC2)C(c2ccccc2)C12CCN(Cc1ccco1)CC2. The lowest BCUT2D eigenvalue weighted by Gasteiger charge is -2.59. The maximum absolute atomic E-state index is 13.2. The standard InChI is InChI=1S/C22H26N2O2/c25-21-22(10-12-23(13-11-22)16-19-7-4-14-26-19)20(18-5-2-1-3-6-18)24(21)15-17-8-9-17/h1-7,14,17,20H,8-13,15-16H2. The van der Waals surface area contributed by atoms with E-state index in [-0.39, 0.29) is 11.5 Å². The molecule has 4 heteroatoms. The van der Waals surface area contributed by atoms with Gasteiger partial charge in [-0.15, -0.1) is 0 Å². The van der Waals surface area contributed by atoms with Crippen molar-refractivity contribution in [2.75, 3.05) is 19.6 Å². The Hall–Kier alpha value is -2.07. The molecule has 1 atom stereocenters. The summed E-state index contributed by atoms with van der Waals surface area (Å²) in [6.07, 6.45) is 6.21. The van der Waals surface area contributed by atoms with Gasteiger partial charge < -0.3 is 9.32 Å². The van der Waals surface area contributed by atoms with Gasteiger partial charge in [-0.3, -0.25) is 9.69 Å². The van der Waals surface area contributed by atoms with Crippen LogP contribution in [0.3, 0.4) is 0 Å². The van der Waals surface area contributed by atoms with E-state index in [9.17, 15) is 4.79 Å². The number of carbonyl (C=O) groups excluding carboxylic acids is 1. The fourth-order valence-corrected chi connectivity index (χ4v) is 4.87. The van der Waals surface area contributed by atoms with Crippen molar-refractivity contribution in [1.82, 2.24) is 9.80 Å². The van der Waals surface area contributed by atoms with Crippen molar-refractivity contribution in [3.63, 3.8) is 0 Å². The lowest BCUT2D eigenvalue weighted by Crippen LogP contribution is -2.66. The zero-order chi connectivity index (χ0) is 17.6. The first-order valence-electron chi connectivity index (χ1n) is 9.87. The lowest BCUT2D eigenvalue weighted by molar-refractivity contribution is -0.181. The van der Waals surface area contributed by atoms with Gasteiger partial charge in [0.15, 0.2) is 0 Å². The van der Waals surface area contributed by atoms with Crippen molar-refractivity contribution in [3.8, 4) is 0 Å². The largest absolute Gasteiger partial charge is 0.468 e. The van der Waals surface area contributed by atoms with Gasteiger partial charge in [0, 0.05) is 6.54 Å². The molecule has 1 amide bonds. The summed E-state index contributed by atoms with van der Waals surface area (Å²) in [5, 5.41) is 0. The Morgan fingerprint density at radius 3 is 2.46 bits per heavy atom. The summed E-state index contributed by atoms with van der Waals surface area (Å²) < 4.78 is 5.49. The second kappa shape index (κ2) is 6.27. The summed E-state index contributed by atoms with van der Waals surface area (Å²) >= 11 is 0. The topological polar surface area (TPSA) is 36.7 Å². The van der Waals surface area contributed by atoms with E-state index in [1.54, 1.807) is 6.26 Å². The van der Waals surface area contributed by atoms with Crippen LogP contribution in [0, 0.1) is 11.3 Å². The molecule has 3 heterocycles. The number of rotatable bonds is 5. The average Bonchev–Trinajstić information content (AvgIpc) is 3.36. The van der Waals surface area contributed by atoms with Crippen molar-refractivity contribution >= 4 is 5.91 Å². The van der Waals surface area contributed by atoms with Crippen LogP contribution in [0.15, 0.2) is 53.1 Å². The van der Waals surface area contributed by atoms with Crippen LogP contribution >= 0.6 is 0 Å². The Morgan fingerprint density at radius 2 is 1.81 bits per heavy atom. The summed E-state index contributed by atoms with van der Waals surface area (Å²) in [6, 6.07) is 14.9. The predicted octanol–water partition coefficient (Wildman–Crippen LogP) is 3.86. The third-order valence-electron chi connectivity index (χ3n) is 6.50. The number of hydrogen-bond acceptors (Lipinski definition) is 3. The van der Waals surface area contributed by atoms with Gasteiger partial charge in [0.05, 0.1) is 24.3 Å². The molecule has 1 aromatic heterocycles. The molecule has 0 radical (unpaired) electrons. The fraction of sp³-hybridized carbons (Fsp3) is 0.500. The number of likely N-dealkylation sites (tertiary alicyclic amines) is 2. The third-order valence-corrected chi connectivity index (χ3v) is 6.50. The number of carbonyl (C=O) groups is 1. The van der Waals surface area contributed by atoms with E-state index in [1.807, 2.05) is 12.1 Å². The summed E-state index contributed by atoms with van der Waals surface area (Å²) in [5.74, 6) is 2.15. The van der Waals surface area contributed by atoms with Crippen molar-refractivity contribution in [3.05, 3.63) is 60.1 Å². The Morgan fingerprint density at radius 1 is 1.04 bits per heavy atom. The molecule has 1 aromatic carbocycles.